The predicted octanol–water partition coefficient (Wildman–Crippen LogP) is 5.86. The number of hydrogen-bond donors (Lipinski definition) is 1. The summed E-state index contributed by atoms with van der Waals surface area (Å²) in [5.74, 6) is 0. The molecule has 0 aliphatic heterocycles. The van der Waals surface area contributed by atoms with Gasteiger partial charge in [0.05, 0.1) is 6.54 Å². The summed E-state index contributed by atoms with van der Waals surface area (Å²) in [6.45, 7) is 7.66. The lowest BCUT2D eigenvalue weighted by atomic mass is 9.87. The van der Waals surface area contributed by atoms with E-state index < -0.39 is 0 Å². The van der Waals surface area contributed by atoms with Crippen molar-refractivity contribution >= 4 is 11.3 Å². The summed E-state index contributed by atoms with van der Waals surface area (Å²) in [5, 5.41) is 4.63. The highest BCUT2D eigenvalue weighted by molar-refractivity contribution is 5.84. The van der Waals surface area contributed by atoms with E-state index in [4.69, 9.17) is 0 Å². The molecule has 0 saturated heterocycles. The molecule has 0 bridgehead atoms. The second-order valence-corrected chi connectivity index (χ2v) is 8.01. The zero-order chi connectivity index (χ0) is 17.0. The van der Waals surface area contributed by atoms with Gasteiger partial charge in [-0.05, 0) is 59.8 Å². The molecule has 1 aromatic rings. The van der Waals surface area contributed by atoms with Gasteiger partial charge in [-0.15, -0.1) is 0 Å². The van der Waals surface area contributed by atoms with Crippen molar-refractivity contribution in [3.05, 3.63) is 53.1 Å². The van der Waals surface area contributed by atoms with Crippen molar-refractivity contribution in [3.8, 4) is 0 Å². The monoisotopic (exact) mass is 322 g/mol. The van der Waals surface area contributed by atoms with Gasteiger partial charge in [0.1, 0.15) is 0 Å². The third-order valence-corrected chi connectivity index (χ3v) is 5.04. The van der Waals surface area contributed by atoms with E-state index in [1.807, 2.05) is 0 Å². The van der Waals surface area contributed by atoms with Crippen LogP contribution in [-0.4, -0.2) is 5.71 Å². The average molecular weight is 322 g/mol. The van der Waals surface area contributed by atoms with Crippen LogP contribution in [0.25, 0.3) is 5.57 Å². The van der Waals surface area contributed by atoms with Gasteiger partial charge in [0.15, 0.2) is 0 Å². The third kappa shape index (κ3) is 4.17. The van der Waals surface area contributed by atoms with Crippen molar-refractivity contribution in [1.29, 1.82) is 0 Å². The Morgan fingerprint density at radius 1 is 1.04 bits per heavy atom. The lowest BCUT2D eigenvalue weighted by molar-refractivity contribution is 0.518. The molecule has 0 aromatic heterocycles. The fourth-order valence-electron chi connectivity index (χ4n) is 3.53. The Morgan fingerprint density at radius 3 is 2.50 bits per heavy atom. The highest BCUT2D eigenvalue weighted by atomic mass is 15.3. The number of nitrogens with zero attached hydrogens (tertiary/aromatic N) is 1. The van der Waals surface area contributed by atoms with Crippen LogP contribution in [0.15, 0.2) is 47.1 Å². The Morgan fingerprint density at radius 2 is 1.79 bits per heavy atom. The second-order valence-electron chi connectivity index (χ2n) is 8.01. The largest absolute Gasteiger partial charge is 0.306 e. The predicted molar refractivity (Wildman–Crippen MR) is 104 cm³/mol. The smallest absolute Gasteiger partial charge is 0.0585 e. The number of allylic oxidation sites excluding steroid dienone is 4. The Labute approximate surface area is 146 Å². The quantitative estimate of drug-likeness (QED) is 0.690. The van der Waals surface area contributed by atoms with Gasteiger partial charge in [-0.2, -0.15) is 5.10 Å². The van der Waals surface area contributed by atoms with Crippen LogP contribution in [-0.2, 0) is 6.54 Å². The SMILES string of the molecule is CC(C)(C)C1=CCC(c2ccccc2CNN=C2CCCCC2)=C1. The first-order valence-corrected chi connectivity index (χ1v) is 9.32. The third-order valence-electron chi connectivity index (χ3n) is 5.04. The molecule has 0 unspecified atom stereocenters. The molecular weight excluding hydrogens is 292 g/mol. The maximum atomic E-state index is 4.63. The standard InChI is InChI=1S/C22H30N2/c1-22(2,3)19-14-13-17(15-19)21-12-8-7-9-18(21)16-23-24-20-10-5-4-6-11-20/h7-9,12,14-15,23H,4-6,10-11,13,16H2,1-3H3. The number of rotatable bonds is 4. The molecule has 1 fully saturated rings. The summed E-state index contributed by atoms with van der Waals surface area (Å²) in [6, 6.07) is 8.74. The van der Waals surface area contributed by atoms with E-state index in [9.17, 15) is 0 Å². The van der Waals surface area contributed by atoms with Crippen LogP contribution in [0, 0.1) is 5.41 Å². The molecule has 2 aliphatic carbocycles. The first kappa shape index (κ1) is 17.0. The van der Waals surface area contributed by atoms with Gasteiger partial charge < -0.3 is 5.43 Å². The van der Waals surface area contributed by atoms with Gasteiger partial charge in [0.2, 0.25) is 0 Å². The Kier molecular flexibility index (Phi) is 5.23. The minimum atomic E-state index is 0.224. The van der Waals surface area contributed by atoms with E-state index in [1.165, 1.54) is 60.1 Å². The van der Waals surface area contributed by atoms with Crippen molar-refractivity contribution < 1.29 is 0 Å². The molecule has 0 atom stereocenters. The molecule has 1 aromatic carbocycles. The number of hydrazone groups is 1. The lowest BCUT2D eigenvalue weighted by Gasteiger charge is -2.18. The highest BCUT2D eigenvalue weighted by Crippen LogP contribution is 2.37. The van der Waals surface area contributed by atoms with Crippen molar-refractivity contribution in [3.63, 3.8) is 0 Å². The Balaban J connectivity index is 1.70. The topological polar surface area (TPSA) is 24.4 Å². The summed E-state index contributed by atoms with van der Waals surface area (Å²) in [7, 11) is 0. The molecule has 24 heavy (non-hydrogen) atoms. The van der Waals surface area contributed by atoms with Crippen LogP contribution in [0.1, 0.15) is 70.4 Å². The fraction of sp³-hybridized carbons (Fsp3) is 0.500. The van der Waals surface area contributed by atoms with Gasteiger partial charge in [0, 0.05) is 5.71 Å². The number of benzene rings is 1. The highest BCUT2D eigenvalue weighted by Gasteiger charge is 2.20. The number of nitrogens with one attached hydrogen (secondary N) is 1. The zero-order valence-corrected chi connectivity index (χ0v) is 15.4. The van der Waals surface area contributed by atoms with Gasteiger partial charge in [0.25, 0.3) is 0 Å². The summed E-state index contributed by atoms with van der Waals surface area (Å²) >= 11 is 0. The molecule has 0 amide bonds. The molecule has 2 aliphatic rings. The summed E-state index contributed by atoms with van der Waals surface area (Å²) in [5.41, 5.74) is 10.5. The van der Waals surface area contributed by atoms with Crippen molar-refractivity contribution in [1.82, 2.24) is 5.43 Å². The molecule has 1 N–H and O–H groups in total. The van der Waals surface area contributed by atoms with Crippen LogP contribution >= 0.6 is 0 Å². The second kappa shape index (κ2) is 7.38. The Bertz CT molecular complexity index is 663. The van der Waals surface area contributed by atoms with Crippen molar-refractivity contribution in [2.75, 3.05) is 0 Å². The Hall–Kier alpha value is -1.83. The summed E-state index contributed by atoms with van der Waals surface area (Å²) in [6.07, 6.45) is 12.1. The minimum Gasteiger partial charge on any atom is -0.306 e. The fourth-order valence-corrected chi connectivity index (χ4v) is 3.53. The average Bonchev–Trinajstić information content (AvgIpc) is 3.06. The van der Waals surface area contributed by atoms with E-state index in [2.05, 4.69) is 67.7 Å². The normalized spacial score (nSPS) is 18.2. The van der Waals surface area contributed by atoms with E-state index in [0.717, 1.165) is 13.0 Å². The van der Waals surface area contributed by atoms with Gasteiger partial charge in [-0.25, -0.2) is 0 Å². The van der Waals surface area contributed by atoms with Gasteiger partial charge in [-0.1, -0.05) is 63.6 Å². The molecule has 128 valence electrons. The van der Waals surface area contributed by atoms with Gasteiger partial charge >= 0.3 is 0 Å². The molecule has 2 nitrogen and oxygen atoms in total. The van der Waals surface area contributed by atoms with Gasteiger partial charge in [-0.3, -0.25) is 0 Å². The van der Waals surface area contributed by atoms with Crippen molar-refractivity contribution in [2.24, 2.45) is 10.5 Å². The minimum absolute atomic E-state index is 0.224. The molecule has 3 rings (SSSR count). The molecular formula is C22H30N2. The summed E-state index contributed by atoms with van der Waals surface area (Å²) in [4.78, 5) is 0. The molecule has 2 heteroatoms. The molecule has 1 saturated carbocycles. The van der Waals surface area contributed by atoms with Crippen LogP contribution in [0.4, 0.5) is 0 Å². The van der Waals surface area contributed by atoms with E-state index in [-0.39, 0.29) is 5.41 Å². The van der Waals surface area contributed by atoms with E-state index in [0.29, 0.717) is 0 Å². The maximum absolute atomic E-state index is 4.63. The van der Waals surface area contributed by atoms with Crippen LogP contribution in [0.5, 0.6) is 0 Å². The van der Waals surface area contributed by atoms with E-state index in [1.54, 1.807) is 0 Å². The van der Waals surface area contributed by atoms with Crippen LogP contribution in [0.3, 0.4) is 0 Å². The number of hydrogen-bond acceptors (Lipinski definition) is 2. The molecule has 0 heterocycles. The van der Waals surface area contributed by atoms with Crippen LogP contribution in [0.2, 0.25) is 0 Å². The first-order valence-electron chi connectivity index (χ1n) is 9.32. The molecule has 0 spiro atoms. The lowest BCUT2D eigenvalue weighted by Crippen LogP contribution is -2.13. The zero-order valence-electron chi connectivity index (χ0n) is 15.4. The summed E-state index contributed by atoms with van der Waals surface area (Å²) < 4.78 is 0. The molecule has 0 radical (unpaired) electrons. The maximum Gasteiger partial charge on any atom is 0.0585 e. The van der Waals surface area contributed by atoms with Crippen LogP contribution < -0.4 is 5.43 Å². The van der Waals surface area contributed by atoms with E-state index >= 15 is 0 Å². The van der Waals surface area contributed by atoms with Crippen molar-refractivity contribution in [2.45, 2.75) is 65.8 Å². The first-order chi connectivity index (χ1) is 11.5.